The van der Waals surface area contributed by atoms with Gasteiger partial charge in [-0.05, 0) is 19.4 Å². The molecule has 1 atom stereocenters. The second-order valence-electron chi connectivity index (χ2n) is 3.08. The van der Waals surface area contributed by atoms with E-state index in [0.717, 1.165) is 19.6 Å². The Balaban J connectivity index is 2.27. The molecule has 1 unspecified atom stereocenters. The quantitative estimate of drug-likeness (QED) is 0.507. The molecule has 0 aromatic heterocycles. The fourth-order valence-corrected chi connectivity index (χ4v) is 1.58. The van der Waals surface area contributed by atoms with Gasteiger partial charge in [0.15, 0.2) is 5.72 Å². The van der Waals surface area contributed by atoms with E-state index in [2.05, 4.69) is 0 Å². The Kier molecular flexibility index (Phi) is 1.29. The lowest BCUT2D eigenvalue weighted by Crippen LogP contribution is -2.50. The van der Waals surface area contributed by atoms with E-state index in [-0.39, 0.29) is 5.91 Å². The van der Waals surface area contributed by atoms with Gasteiger partial charge in [0.25, 0.3) is 0 Å². The fourth-order valence-electron chi connectivity index (χ4n) is 1.58. The summed E-state index contributed by atoms with van der Waals surface area (Å²) in [7, 11) is 0. The van der Waals surface area contributed by atoms with E-state index in [1.54, 1.807) is 11.0 Å². The van der Waals surface area contributed by atoms with Gasteiger partial charge in [0, 0.05) is 12.6 Å². The molecule has 3 nitrogen and oxygen atoms in total. The van der Waals surface area contributed by atoms with Crippen LogP contribution in [0.2, 0.25) is 0 Å². The van der Waals surface area contributed by atoms with Crippen molar-refractivity contribution in [2.75, 3.05) is 13.2 Å². The van der Waals surface area contributed by atoms with E-state index in [1.807, 2.05) is 13.0 Å². The molecule has 0 aromatic carbocycles. The highest BCUT2D eigenvalue weighted by Crippen LogP contribution is 2.28. The average molecular weight is 153 g/mol. The van der Waals surface area contributed by atoms with Gasteiger partial charge in [-0.15, -0.1) is 0 Å². The van der Waals surface area contributed by atoms with Crippen LogP contribution in [0.1, 0.15) is 13.3 Å². The normalized spacial score (nSPS) is 36.1. The van der Waals surface area contributed by atoms with Crippen LogP contribution in [-0.2, 0) is 9.53 Å². The van der Waals surface area contributed by atoms with Gasteiger partial charge in [0.2, 0.25) is 5.91 Å². The van der Waals surface area contributed by atoms with Crippen molar-refractivity contribution in [1.82, 2.24) is 4.90 Å². The molecule has 1 fully saturated rings. The van der Waals surface area contributed by atoms with Crippen LogP contribution in [0.4, 0.5) is 0 Å². The summed E-state index contributed by atoms with van der Waals surface area (Å²) in [6.45, 7) is 3.50. The van der Waals surface area contributed by atoms with Gasteiger partial charge in [-0.1, -0.05) is 0 Å². The molecule has 0 saturated carbocycles. The smallest absolute Gasteiger partial charge is 0.248 e. The Hall–Kier alpha value is -0.830. The van der Waals surface area contributed by atoms with Crippen molar-refractivity contribution in [2.45, 2.75) is 19.1 Å². The monoisotopic (exact) mass is 153 g/mol. The average Bonchev–Trinajstić information content (AvgIpc) is 2.29. The van der Waals surface area contributed by atoms with Crippen molar-refractivity contribution >= 4 is 5.91 Å². The summed E-state index contributed by atoms with van der Waals surface area (Å²) in [5, 5.41) is 0. The summed E-state index contributed by atoms with van der Waals surface area (Å²) in [5.74, 6) is 0.0761. The maximum Gasteiger partial charge on any atom is 0.248 e. The maximum absolute atomic E-state index is 11.2. The third-order valence-electron chi connectivity index (χ3n) is 2.26. The van der Waals surface area contributed by atoms with Crippen LogP contribution in [0.25, 0.3) is 0 Å². The predicted octanol–water partition coefficient (Wildman–Crippen LogP) is 0.521. The summed E-state index contributed by atoms with van der Waals surface area (Å²) in [6.07, 6.45) is 4.36. The number of ether oxygens (including phenoxy) is 1. The molecule has 2 rings (SSSR count). The highest BCUT2D eigenvalue weighted by molar-refractivity contribution is 5.91. The molecule has 3 heteroatoms. The number of carbonyl (C=O) groups is 1. The first-order chi connectivity index (χ1) is 5.22. The lowest BCUT2D eigenvalue weighted by molar-refractivity contribution is -0.160. The maximum atomic E-state index is 11.2. The van der Waals surface area contributed by atoms with Gasteiger partial charge >= 0.3 is 0 Å². The summed E-state index contributed by atoms with van der Waals surface area (Å²) in [5.41, 5.74) is -0.435. The second kappa shape index (κ2) is 2.08. The number of hydrogen-bond donors (Lipinski definition) is 0. The molecule has 1 amide bonds. The number of rotatable bonds is 0. The zero-order valence-corrected chi connectivity index (χ0v) is 6.54. The summed E-state index contributed by atoms with van der Waals surface area (Å²) < 4.78 is 5.48. The van der Waals surface area contributed by atoms with Gasteiger partial charge in [-0.3, -0.25) is 4.79 Å². The first-order valence-corrected chi connectivity index (χ1v) is 3.87. The van der Waals surface area contributed by atoms with Gasteiger partial charge in [0.1, 0.15) is 0 Å². The van der Waals surface area contributed by atoms with E-state index in [0.29, 0.717) is 0 Å². The Morgan fingerprint density at radius 3 is 3.27 bits per heavy atom. The summed E-state index contributed by atoms with van der Waals surface area (Å²) in [6, 6.07) is 0. The van der Waals surface area contributed by atoms with E-state index in [4.69, 9.17) is 4.74 Å². The molecular formula is C8H11NO2. The molecule has 1 saturated heterocycles. The van der Waals surface area contributed by atoms with E-state index in [1.165, 1.54) is 0 Å². The third kappa shape index (κ3) is 0.878. The topological polar surface area (TPSA) is 29.5 Å². The molecule has 0 N–H and O–H groups in total. The molecular weight excluding hydrogens is 142 g/mol. The molecule has 2 heterocycles. The van der Waals surface area contributed by atoms with Crippen molar-refractivity contribution in [3.05, 3.63) is 12.2 Å². The van der Waals surface area contributed by atoms with Crippen molar-refractivity contribution in [2.24, 2.45) is 0 Å². The Morgan fingerprint density at radius 1 is 1.73 bits per heavy atom. The van der Waals surface area contributed by atoms with Crippen LogP contribution in [0.15, 0.2) is 12.2 Å². The number of hydrogen-bond acceptors (Lipinski definition) is 2. The fraction of sp³-hybridized carbons (Fsp3) is 0.625. The van der Waals surface area contributed by atoms with Crippen molar-refractivity contribution in [3.8, 4) is 0 Å². The highest BCUT2D eigenvalue weighted by Gasteiger charge is 2.39. The number of amides is 1. The molecule has 2 aliphatic rings. The van der Waals surface area contributed by atoms with Gasteiger partial charge in [0.05, 0.1) is 6.61 Å². The van der Waals surface area contributed by atoms with Crippen LogP contribution >= 0.6 is 0 Å². The van der Waals surface area contributed by atoms with Crippen molar-refractivity contribution in [3.63, 3.8) is 0 Å². The lowest BCUT2D eigenvalue weighted by Gasteiger charge is -2.38. The first kappa shape index (κ1) is 6.85. The zero-order valence-electron chi connectivity index (χ0n) is 6.54. The molecule has 2 aliphatic heterocycles. The highest BCUT2D eigenvalue weighted by atomic mass is 16.5. The van der Waals surface area contributed by atoms with Crippen LogP contribution in [-0.4, -0.2) is 29.7 Å². The number of carbonyl (C=O) groups excluding carboxylic acids is 1. The van der Waals surface area contributed by atoms with Gasteiger partial charge in [-0.2, -0.15) is 0 Å². The summed E-state index contributed by atoms with van der Waals surface area (Å²) in [4.78, 5) is 12.9. The largest absolute Gasteiger partial charge is 0.352 e. The van der Waals surface area contributed by atoms with Gasteiger partial charge in [-0.25, -0.2) is 0 Å². The zero-order chi connectivity index (χ0) is 7.90. The van der Waals surface area contributed by atoms with E-state index in [9.17, 15) is 4.79 Å². The summed E-state index contributed by atoms with van der Waals surface area (Å²) >= 11 is 0. The molecule has 0 radical (unpaired) electrons. The van der Waals surface area contributed by atoms with Crippen LogP contribution in [0, 0.1) is 0 Å². The minimum atomic E-state index is -0.435. The molecule has 0 aliphatic carbocycles. The Morgan fingerprint density at radius 2 is 2.55 bits per heavy atom. The third-order valence-corrected chi connectivity index (χ3v) is 2.26. The number of fused-ring (bicyclic) bond motifs is 1. The molecule has 0 spiro atoms. The molecule has 0 bridgehead atoms. The van der Waals surface area contributed by atoms with Crippen LogP contribution < -0.4 is 0 Å². The predicted molar refractivity (Wildman–Crippen MR) is 39.8 cm³/mol. The number of nitrogens with zero attached hydrogens (tertiary/aromatic N) is 1. The second-order valence-corrected chi connectivity index (χ2v) is 3.08. The van der Waals surface area contributed by atoms with E-state index >= 15 is 0 Å². The minimum Gasteiger partial charge on any atom is -0.352 e. The molecule has 11 heavy (non-hydrogen) atoms. The van der Waals surface area contributed by atoms with Crippen molar-refractivity contribution in [1.29, 1.82) is 0 Å². The van der Waals surface area contributed by atoms with Gasteiger partial charge < -0.3 is 9.64 Å². The Labute approximate surface area is 65.6 Å². The first-order valence-electron chi connectivity index (χ1n) is 3.87. The van der Waals surface area contributed by atoms with Crippen LogP contribution in [0.5, 0.6) is 0 Å². The minimum absolute atomic E-state index is 0.0761. The Bertz CT molecular complexity index is 224. The lowest BCUT2D eigenvalue weighted by atomic mass is 10.2. The van der Waals surface area contributed by atoms with Crippen LogP contribution in [0.3, 0.4) is 0 Å². The molecule has 60 valence electrons. The van der Waals surface area contributed by atoms with Crippen molar-refractivity contribution < 1.29 is 9.53 Å². The standard InChI is InChI=1S/C8H11NO2/c1-8-4-3-7(10)9(8)5-2-6-11-8/h3-4H,2,5-6H2,1H3. The molecule has 0 aromatic rings. The SMILES string of the molecule is CC12C=CC(=O)N1CCCO2. The van der Waals surface area contributed by atoms with E-state index < -0.39 is 5.72 Å².